The maximum atomic E-state index is 12.7. The third-order valence-electron chi connectivity index (χ3n) is 3.31. The quantitative estimate of drug-likeness (QED) is 0.842. The molecular formula is C13H13BN2O3S2. The number of fused-ring (bicyclic) bond motifs is 1. The van der Waals surface area contributed by atoms with Crippen molar-refractivity contribution in [1.82, 2.24) is 4.33 Å². The lowest BCUT2D eigenvalue weighted by Crippen LogP contribution is -2.51. The Balaban J connectivity index is 2.08. The summed E-state index contributed by atoms with van der Waals surface area (Å²) in [6.07, 6.45) is 1.48. The van der Waals surface area contributed by atoms with Gasteiger partial charge in [0.2, 0.25) is 0 Å². The molecule has 8 heteroatoms. The fraction of sp³-hybridized carbons (Fsp3) is 0.154. The number of hydrogen-bond donors (Lipinski definition) is 1. The minimum Gasteiger partial charge on any atom is -0.427 e. The van der Waals surface area contributed by atoms with E-state index in [1.165, 1.54) is 23.6 Å². The molecule has 2 aromatic rings. The number of rotatable bonds is 2. The number of benzene rings is 1. The van der Waals surface area contributed by atoms with Crippen molar-refractivity contribution >= 4 is 40.1 Å². The lowest BCUT2D eigenvalue weighted by atomic mass is 9.74. The Morgan fingerprint density at radius 3 is 2.71 bits per heavy atom. The van der Waals surface area contributed by atoms with Crippen LogP contribution in [-0.2, 0) is 10.0 Å². The Morgan fingerprint density at radius 2 is 2.00 bits per heavy atom. The summed E-state index contributed by atoms with van der Waals surface area (Å²) in [6.45, 7) is 3.62. The zero-order chi connectivity index (χ0) is 15.2. The number of sulfonamides is 1. The molecule has 0 bridgehead atoms. The van der Waals surface area contributed by atoms with Crippen molar-refractivity contribution < 1.29 is 13.4 Å². The van der Waals surface area contributed by atoms with Crippen LogP contribution in [0.1, 0.15) is 15.3 Å². The first kappa shape index (κ1) is 14.3. The molecule has 21 heavy (non-hydrogen) atoms. The normalized spacial score (nSPS) is 14.4. The van der Waals surface area contributed by atoms with E-state index in [-0.39, 0.29) is 4.90 Å². The van der Waals surface area contributed by atoms with Crippen molar-refractivity contribution in [3.05, 3.63) is 45.6 Å². The third kappa shape index (κ3) is 2.29. The van der Waals surface area contributed by atoms with Crippen LogP contribution in [0.3, 0.4) is 0 Å². The molecule has 0 amide bonds. The second-order valence-electron chi connectivity index (χ2n) is 4.84. The second kappa shape index (κ2) is 4.97. The molecule has 0 fully saturated rings. The van der Waals surface area contributed by atoms with Gasteiger partial charge in [-0.1, -0.05) is 18.2 Å². The van der Waals surface area contributed by atoms with Crippen molar-refractivity contribution in [3.63, 3.8) is 0 Å². The molecule has 1 aromatic heterocycles. The van der Waals surface area contributed by atoms with Crippen molar-refractivity contribution in [2.24, 2.45) is 5.10 Å². The van der Waals surface area contributed by atoms with Crippen LogP contribution in [0.5, 0.6) is 0 Å². The van der Waals surface area contributed by atoms with E-state index in [1.807, 2.05) is 6.92 Å². The van der Waals surface area contributed by atoms with Crippen LogP contribution in [0, 0.1) is 13.8 Å². The van der Waals surface area contributed by atoms with Gasteiger partial charge in [0, 0.05) is 9.75 Å². The van der Waals surface area contributed by atoms with Gasteiger partial charge in [-0.3, -0.25) is 0 Å². The van der Waals surface area contributed by atoms with E-state index in [9.17, 15) is 13.4 Å². The molecule has 1 aromatic carbocycles. The maximum absolute atomic E-state index is 12.7. The summed E-state index contributed by atoms with van der Waals surface area (Å²) >= 11 is 1.47. The van der Waals surface area contributed by atoms with Gasteiger partial charge in [-0.25, -0.2) is 8.42 Å². The number of hydrogen-bond acceptors (Lipinski definition) is 5. The van der Waals surface area contributed by atoms with Gasteiger partial charge < -0.3 is 5.02 Å². The summed E-state index contributed by atoms with van der Waals surface area (Å²) in [5, 5.41) is 14.3. The first-order chi connectivity index (χ1) is 9.91. The number of thiophene rings is 1. The van der Waals surface area contributed by atoms with Crippen molar-refractivity contribution in [3.8, 4) is 0 Å². The van der Waals surface area contributed by atoms with E-state index in [0.29, 0.717) is 11.0 Å². The average molecular weight is 320 g/mol. The molecule has 0 unspecified atom stereocenters. The first-order valence-electron chi connectivity index (χ1n) is 6.33. The predicted molar refractivity (Wildman–Crippen MR) is 84.5 cm³/mol. The highest BCUT2D eigenvalue weighted by Gasteiger charge is 2.39. The lowest BCUT2D eigenvalue weighted by molar-refractivity contribution is 0.476. The van der Waals surface area contributed by atoms with Crippen LogP contribution >= 0.6 is 11.3 Å². The molecule has 0 saturated heterocycles. The van der Waals surface area contributed by atoms with Crippen LogP contribution in [0.4, 0.5) is 0 Å². The van der Waals surface area contributed by atoms with Crippen LogP contribution < -0.4 is 5.46 Å². The van der Waals surface area contributed by atoms with Gasteiger partial charge >= 0.3 is 7.05 Å². The molecule has 1 N–H and O–H groups in total. The summed E-state index contributed by atoms with van der Waals surface area (Å²) in [4.78, 5) is 1.94. The summed E-state index contributed by atoms with van der Waals surface area (Å²) < 4.78 is 26.1. The topological polar surface area (TPSA) is 70.0 Å². The number of nitrogens with zero attached hydrogens (tertiary/aromatic N) is 2. The molecule has 0 radical (unpaired) electrons. The highest BCUT2D eigenvalue weighted by atomic mass is 32.2. The lowest BCUT2D eigenvalue weighted by Gasteiger charge is -2.25. The number of hydrazone groups is 1. The average Bonchev–Trinajstić information content (AvgIpc) is 2.80. The Labute approximate surface area is 127 Å². The summed E-state index contributed by atoms with van der Waals surface area (Å²) in [7, 11) is -5.18. The molecule has 1 aliphatic rings. The summed E-state index contributed by atoms with van der Waals surface area (Å²) in [6, 6.07) is 8.44. The van der Waals surface area contributed by atoms with Gasteiger partial charge in [-0.05, 0) is 37.0 Å². The molecule has 1 aliphatic heterocycles. The molecule has 108 valence electrons. The zero-order valence-electron chi connectivity index (χ0n) is 11.5. The van der Waals surface area contributed by atoms with E-state index in [2.05, 4.69) is 5.10 Å². The second-order valence-corrected chi connectivity index (χ2v) is 7.89. The predicted octanol–water partition coefficient (Wildman–Crippen LogP) is 1.09. The van der Waals surface area contributed by atoms with E-state index in [1.54, 1.807) is 31.2 Å². The monoisotopic (exact) mass is 320 g/mol. The Hall–Kier alpha value is -1.64. The third-order valence-corrected chi connectivity index (χ3v) is 6.11. The minimum absolute atomic E-state index is 0.150. The summed E-state index contributed by atoms with van der Waals surface area (Å²) in [5.74, 6) is 0. The minimum atomic E-state index is -3.89. The van der Waals surface area contributed by atoms with Gasteiger partial charge in [0.25, 0.3) is 10.0 Å². The van der Waals surface area contributed by atoms with Crippen LogP contribution in [0.25, 0.3) is 0 Å². The van der Waals surface area contributed by atoms with Gasteiger partial charge in [0.15, 0.2) is 0 Å². The van der Waals surface area contributed by atoms with Crippen molar-refractivity contribution in [2.75, 3.05) is 0 Å². The van der Waals surface area contributed by atoms with E-state index in [4.69, 9.17) is 0 Å². The highest BCUT2D eigenvalue weighted by Crippen LogP contribution is 2.24. The molecule has 2 heterocycles. The number of aryl methyl sites for hydroxylation is 2. The highest BCUT2D eigenvalue weighted by molar-refractivity contribution is 7.90. The molecule has 0 aliphatic carbocycles. The smallest absolute Gasteiger partial charge is 0.427 e. The molecule has 3 rings (SSSR count). The van der Waals surface area contributed by atoms with Crippen LogP contribution in [0.15, 0.2) is 40.3 Å². The largest absolute Gasteiger partial charge is 0.485 e. The molecule has 0 saturated carbocycles. The molecule has 5 nitrogen and oxygen atoms in total. The Morgan fingerprint density at radius 1 is 1.29 bits per heavy atom. The van der Waals surface area contributed by atoms with Gasteiger partial charge in [0.1, 0.15) is 0 Å². The first-order valence-corrected chi connectivity index (χ1v) is 8.59. The van der Waals surface area contributed by atoms with Crippen molar-refractivity contribution in [1.29, 1.82) is 0 Å². The Bertz CT molecular complexity index is 830. The molecular weight excluding hydrogens is 307 g/mol. The summed E-state index contributed by atoms with van der Waals surface area (Å²) in [5.41, 5.74) is 1.19. The van der Waals surface area contributed by atoms with Gasteiger partial charge in [-0.2, -0.15) is 9.43 Å². The van der Waals surface area contributed by atoms with Crippen molar-refractivity contribution in [2.45, 2.75) is 18.7 Å². The van der Waals surface area contributed by atoms with E-state index < -0.39 is 17.1 Å². The van der Waals surface area contributed by atoms with Crippen LogP contribution in [0.2, 0.25) is 0 Å². The Kier molecular flexibility index (Phi) is 3.39. The van der Waals surface area contributed by atoms with Crippen LogP contribution in [-0.4, -0.2) is 31.0 Å². The maximum Gasteiger partial charge on any atom is 0.485 e. The standard InChI is InChI=1S/C13H13BN2O3S2/c1-9-5-3-4-6-13(9)21(18,19)16-14(17)11-7-10(2)20-12(11)8-15-16/h3-8,17H,1-2H3. The zero-order valence-corrected chi connectivity index (χ0v) is 13.1. The van der Waals surface area contributed by atoms with Gasteiger partial charge in [-0.15, -0.1) is 11.3 Å². The SMILES string of the molecule is Cc1cc2c(s1)C=NN(S(=O)(=O)c1ccccc1C)B2O. The molecule has 0 spiro atoms. The fourth-order valence-electron chi connectivity index (χ4n) is 2.29. The van der Waals surface area contributed by atoms with Gasteiger partial charge in [0.05, 0.1) is 11.1 Å². The van der Waals surface area contributed by atoms with E-state index >= 15 is 0 Å². The molecule has 0 atom stereocenters. The fourth-order valence-corrected chi connectivity index (χ4v) is 4.68. The van der Waals surface area contributed by atoms with E-state index in [0.717, 1.165) is 14.1 Å².